The maximum absolute atomic E-state index is 13.4. The first-order valence-electron chi connectivity index (χ1n) is 8.37. The highest BCUT2D eigenvalue weighted by atomic mass is 19.1. The number of hydrogen-bond donors (Lipinski definition) is 0. The Morgan fingerprint density at radius 2 is 1.76 bits per heavy atom. The van der Waals surface area contributed by atoms with Crippen LogP contribution in [0, 0.1) is 11.9 Å². The first kappa shape index (κ1) is 17.0. The molecule has 0 N–H and O–H groups in total. The first-order chi connectivity index (χ1) is 12.2. The van der Waals surface area contributed by atoms with Crippen LogP contribution in [0.25, 0.3) is 22.3 Å². The quantitative estimate of drug-likeness (QED) is 0.497. The molecule has 0 saturated carbocycles. The average molecular weight is 331 g/mol. The third-order valence-electron chi connectivity index (χ3n) is 4.01. The van der Waals surface area contributed by atoms with Crippen LogP contribution in [0.15, 0.2) is 73.3 Å². The van der Waals surface area contributed by atoms with Crippen LogP contribution in [-0.4, -0.2) is 6.61 Å². The van der Waals surface area contributed by atoms with E-state index in [9.17, 15) is 4.39 Å². The number of hydrogen-bond acceptors (Lipinski definition) is 1. The second-order valence-electron chi connectivity index (χ2n) is 5.69. The minimum absolute atomic E-state index is 0.255. The fourth-order valence-electron chi connectivity index (χ4n) is 2.91. The zero-order valence-electron chi connectivity index (χ0n) is 14.3. The van der Waals surface area contributed by atoms with E-state index in [-0.39, 0.29) is 5.82 Å². The second kappa shape index (κ2) is 7.80. The lowest BCUT2D eigenvalue weighted by Crippen LogP contribution is -2.01. The molecule has 0 aliphatic rings. The largest absolute Gasteiger partial charge is 0.493 e. The Balaban J connectivity index is 2.29. The Hall–Kier alpha value is -2.87. The van der Waals surface area contributed by atoms with Gasteiger partial charge in [0.1, 0.15) is 11.6 Å². The van der Waals surface area contributed by atoms with E-state index in [1.54, 1.807) is 12.1 Å². The molecule has 3 aromatic rings. The monoisotopic (exact) mass is 331 g/mol. The summed E-state index contributed by atoms with van der Waals surface area (Å²) in [5.41, 5.74) is 4.87. The van der Waals surface area contributed by atoms with Crippen LogP contribution in [0.2, 0.25) is 0 Å². The smallest absolute Gasteiger partial charge is 0.131 e. The van der Waals surface area contributed by atoms with Crippen molar-refractivity contribution >= 4 is 0 Å². The maximum atomic E-state index is 13.4. The molecule has 0 atom stereocenters. The Labute approximate surface area is 148 Å². The minimum atomic E-state index is -0.255. The van der Waals surface area contributed by atoms with Gasteiger partial charge >= 0.3 is 0 Å². The zero-order chi connectivity index (χ0) is 17.6. The lowest BCUT2D eigenvalue weighted by Gasteiger charge is -2.19. The highest BCUT2D eigenvalue weighted by Gasteiger charge is 2.17. The third-order valence-corrected chi connectivity index (χ3v) is 4.01. The molecule has 25 heavy (non-hydrogen) atoms. The van der Waals surface area contributed by atoms with Crippen LogP contribution in [-0.2, 0) is 6.42 Å². The van der Waals surface area contributed by atoms with E-state index < -0.39 is 0 Å². The van der Waals surface area contributed by atoms with Crippen molar-refractivity contribution in [3.63, 3.8) is 0 Å². The number of halogens is 1. The predicted octanol–water partition coefficient (Wildman–Crippen LogP) is 6.09. The molecule has 2 heteroatoms. The number of benzene rings is 3. The molecule has 0 aliphatic carbocycles. The van der Waals surface area contributed by atoms with Gasteiger partial charge in [-0.3, -0.25) is 0 Å². The van der Waals surface area contributed by atoms with Crippen molar-refractivity contribution in [2.45, 2.75) is 13.3 Å². The highest BCUT2D eigenvalue weighted by Crippen LogP contribution is 2.41. The van der Waals surface area contributed by atoms with Gasteiger partial charge in [0.05, 0.1) is 6.61 Å². The summed E-state index contributed by atoms with van der Waals surface area (Å²) in [4.78, 5) is 0. The summed E-state index contributed by atoms with van der Waals surface area (Å²) in [6.07, 6.45) is 2.54. The molecular weight excluding hydrogens is 311 g/mol. The van der Waals surface area contributed by atoms with Crippen molar-refractivity contribution in [2.24, 2.45) is 0 Å². The van der Waals surface area contributed by atoms with Gasteiger partial charge in [-0.2, -0.15) is 0 Å². The van der Waals surface area contributed by atoms with Crippen molar-refractivity contribution in [3.8, 4) is 28.0 Å². The molecule has 125 valence electrons. The fraction of sp³-hybridized carbons (Fsp3) is 0.130. The van der Waals surface area contributed by atoms with E-state index in [4.69, 9.17) is 4.74 Å². The van der Waals surface area contributed by atoms with Gasteiger partial charge in [-0.15, -0.1) is 6.58 Å². The summed E-state index contributed by atoms with van der Waals surface area (Å²) in [6, 6.07) is 21.9. The Kier molecular flexibility index (Phi) is 5.30. The summed E-state index contributed by atoms with van der Waals surface area (Å²) in [5.74, 6) is 0.556. The topological polar surface area (TPSA) is 9.23 Å². The van der Waals surface area contributed by atoms with Crippen molar-refractivity contribution in [1.29, 1.82) is 0 Å². The van der Waals surface area contributed by atoms with Crippen LogP contribution in [0.4, 0.5) is 4.39 Å². The molecule has 0 aliphatic heterocycles. The molecule has 0 aromatic heterocycles. The van der Waals surface area contributed by atoms with Gasteiger partial charge in [0.15, 0.2) is 0 Å². The van der Waals surface area contributed by atoms with Gasteiger partial charge in [-0.05, 0) is 54.3 Å². The SMILES string of the molecule is C=CCc1c[c]c(-c2ccccc2)c(-c2ccc(F)cc2)c1OCC. The molecule has 0 amide bonds. The maximum Gasteiger partial charge on any atom is 0.131 e. The molecule has 3 rings (SSSR count). The van der Waals surface area contributed by atoms with E-state index in [1.165, 1.54) is 12.1 Å². The molecule has 0 saturated heterocycles. The van der Waals surface area contributed by atoms with Crippen molar-refractivity contribution in [3.05, 3.63) is 90.8 Å². The summed E-state index contributed by atoms with van der Waals surface area (Å²) in [6.45, 7) is 6.35. The van der Waals surface area contributed by atoms with Gasteiger partial charge < -0.3 is 4.74 Å². The molecule has 0 unspecified atom stereocenters. The molecule has 3 aromatic carbocycles. The first-order valence-corrected chi connectivity index (χ1v) is 8.37. The Morgan fingerprint density at radius 1 is 1.04 bits per heavy atom. The van der Waals surface area contributed by atoms with Crippen molar-refractivity contribution < 1.29 is 9.13 Å². The van der Waals surface area contributed by atoms with Gasteiger partial charge in [-0.25, -0.2) is 4.39 Å². The predicted molar refractivity (Wildman–Crippen MR) is 101 cm³/mol. The average Bonchev–Trinajstić information content (AvgIpc) is 2.65. The molecule has 1 radical (unpaired) electrons. The van der Waals surface area contributed by atoms with E-state index in [0.717, 1.165) is 33.6 Å². The standard InChI is InChI=1S/C23H20FO/c1-3-8-19-13-16-21(17-9-6-5-7-10-17)22(23(19)25-4-2)18-11-14-20(24)15-12-18/h3,5-7,9-15H,1,4,8H2,2H3. The molecule has 0 heterocycles. The summed E-state index contributed by atoms with van der Waals surface area (Å²) < 4.78 is 19.4. The van der Waals surface area contributed by atoms with Crippen LogP contribution < -0.4 is 4.74 Å². The van der Waals surface area contributed by atoms with E-state index in [2.05, 4.69) is 12.6 Å². The third kappa shape index (κ3) is 3.63. The van der Waals surface area contributed by atoms with Crippen molar-refractivity contribution in [2.75, 3.05) is 6.61 Å². The lowest BCUT2D eigenvalue weighted by atomic mass is 9.91. The van der Waals surface area contributed by atoms with Gasteiger partial charge in [-0.1, -0.05) is 48.5 Å². The zero-order valence-corrected chi connectivity index (χ0v) is 14.3. The fourth-order valence-corrected chi connectivity index (χ4v) is 2.91. The van der Waals surface area contributed by atoms with Gasteiger partial charge in [0, 0.05) is 11.1 Å². The minimum Gasteiger partial charge on any atom is -0.493 e. The van der Waals surface area contributed by atoms with Crippen LogP contribution in [0.1, 0.15) is 12.5 Å². The highest BCUT2D eigenvalue weighted by molar-refractivity contribution is 5.88. The van der Waals surface area contributed by atoms with Crippen LogP contribution in [0.3, 0.4) is 0 Å². The molecule has 0 fully saturated rings. The normalized spacial score (nSPS) is 10.5. The van der Waals surface area contributed by atoms with E-state index in [0.29, 0.717) is 13.0 Å². The molecule has 0 spiro atoms. The summed E-state index contributed by atoms with van der Waals surface area (Å²) in [7, 11) is 0. The number of ether oxygens (including phenoxy) is 1. The molecule has 0 bridgehead atoms. The van der Waals surface area contributed by atoms with Gasteiger partial charge in [0.2, 0.25) is 0 Å². The summed E-state index contributed by atoms with van der Waals surface area (Å²) in [5, 5.41) is 0. The lowest BCUT2D eigenvalue weighted by molar-refractivity contribution is 0.338. The van der Waals surface area contributed by atoms with Crippen molar-refractivity contribution in [1.82, 2.24) is 0 Å². The molecular formula is C23H20FO. The number of allylic oxidation sites excluding steroid dienone is 1. The number of rotatable bonds is 6. The molecule has 1 nitrogen and oxygen atoms in total. The van der Waals surface area contributed by atoms with Gasteiger partial charge in [0.25, 0.3) is 0 Å². The Morgan fingerprint density at radius 3 is 2.40 bits per heavy atom. The Bertz CT molecular complexity index is 851. The van der Waals surface area contributed by atoms with E-state index in [1.807, 2.05) is 49.4 Å². The van der Waals surface area contributed by atoms with E-state index >= 15 is 0 Å². The van der Waals surface area contributed by atoms with Crippen LogP contribution in [0.5, 0.6) is 5.75 Å². The second-order valence-corrected chi connectivity index (χ2v) is 5.69. The van der Waals surface area contributed by atoms with Crippen LogP contribution >= 0.6 is 0 Å². The summed E-state index contributed by atoms with van der Waals surface area (Å²) >= 11 is 0.